The molecule has 2 aromatic carbocycles. The molecule has 0 amide bonds. The molecule has 106 valence electrons. The molecule has 0 N–H and O–H groups in total. The van der Waals surface area contributed by atoms with Gasteiger partial charge in [0.25, 0.3) is 0 Å². The van der Waals surface area contributed by atoms with Gasteiger partial charge in [0.15, 0.2) is 0 Å². The highest BCUT2D eigenvalue weighted by Gasteiger charge is 2.10. The van der Waals surface area contributed by atoms with Gasteiger partial charge in [-0.25, -0.2) is 4.98 Å². The molecule has 3 aromatic rings. The van der Waals surface area contributed by atoms with Crippen LogP contribution in [0.2, 0.25) is 0 Å². The lowest BCUT2D eigenvalue weighted by Crippen LogP contribution is -2.05. The van der Waals surface area contributed by atoms with Crippen molar-refractivity contribution in [2.45, 2.75) is 27.3 Å². The second-order valence-electron chi connectivity index (χ2n) is 5.60. The molecule has 0 aliphatic rings. The van der Waals surface area contributed by atoms with Crippen molar-refractivity contribution < 1.29 is 0 Å². The first-order valence-electron chi connectivity index (χ1n) is 7.29. The summed E-state index contributed by atoms with van der Waals surface area (Å²) in [7, 11) is 0. The van der Waals surface area contributed by atoms with Crippen LogP contribution in [0.1, 0.15) is 22.4 Å². The maximum Gasteiger partial charge on any atom is 0.140 e. The van der Waals surface area contributed by atoms with E-state index in [9.17, 15) is 0 Å². The van der Waals surface area contributed by atoms with Crippen molar-refractivity contribution in [3.63, 3.8) is 0 Å². The van der Waals surface area contributed by atoms with Crippen LogP contribution in [0.5, 0.6) is 0 Å². The summed E-state index contributed by atoms with van der Waals surface area (Å²) >= 11 is 0. The van der Waals surface area contributed by atoms with E-state index in [1.165, 1.54) is 27.9 Å². The van der Waals surface area contributed by atoms with E-state index < -0.39 is 0 Å². The van der Waals surface area contributed by atoms with Crippen molar-refractivity contribution in [3.05, 3.63) is 77.1 Å². The van der Waals surface area contributed by atoms with E-state index in [4.69, 9.17) is 0 Å². The Balaban J connectivity index is 2.01. The lowest BCUT2D eigenvalue weighted by Gasteiger charge is -2.12. The van der Waals surface area contributed by atoms with Crippen LogP contribution in [-0.2, 0) is 6.54 Å². The molecule has 2 heteroatoms. The Morgan fingerprint density at radius 1 is 0.905 bits per heavy atom. The van der Waals surface area contributed by atoms with Gasteiger partial charge in [-0.05, 0) is 31.9 Å². The van der Waals surface area contributed by atoms with Gasteiger partial charge in [-0.2, -0.15) is 0 Å². The molecule has 0 aliphatic heterocycles. The van der Waals surface area contributed by atoms with Crippen molar-refractivity contribution in [2.24, 2.45) is 0 Å². The zero-order valence-electron chi connectivity index (χ0n) is 12.8. The SMILES string of the molecule is Cc1ccc(-c2ncc(C)n2Cc2ccccc2C)cc1. The lowest BCUT2D eigenvalue weighted by molar-refractivity contribution is 0.775. The molecule has 0 saturated heterocycles. The van der Waals surface area contributed by atoms with E-state index in [1.54, 1.807) is 0 Å². The van der Waals surface area contributed by atoms with Crippen LogP contribution in [-0.4, -0.2) is 9.55 Å². The van der Waals surface area contributed by atoms with Gasteiger partial charge in [0.05, 0.1) is 0 Å². The third-order valence-corrected chi connectivity index (χ3v) is 3.95. The van der Waals surface area contributed by atoms with E-state index in [-0.39, 0.29) is 0 Å². The van der Waals surface area contributed by atoms with Gasteiger partial charge in [-0.15, -0.1) is 0 Å². The highest BCUT2D eigenvalue weighted by Crippen LogP contribution is 2.22. The van der Waals surface area contributed by atoms with Gasteiger partial charge in [0, 0.05) is 24.0 Å². The summed E-state index contributed by atoms with van der Waals surface area (Å²) in [6, 6.07) is 17.1. The number of hydrogen-bond donors (Lipinski definition) is 0. The Hall–Kier alpha value is -2.35. The molecule has 1 heterocycles. The standard InChI is InChI=1S/C19H20N2/c1-14-8-10-17(11-9-14)19-20-12-16(3)21(19)13-18-7-5-4-6-15(18)2/h4-12H,13H2,1-3H3. The van der Waals surface area contributed by atoms with Crippen molar-refractivity contribution in [3.8, 4) is 11.4 Å². The second-order valence-corrected chi connectivity index (χ2v) is 5.60. The smallest absolute Gasteiger partial charge is 0.140 e. The van der Waals surface area contributed by atoms with Crippen LogP contribution >= 0.6 is 0 Å². The first-order valence-corrected chi connectivity index (χ1v) is 7.29. The zero-order valence-corrected chi connectivity index (χ0v) is 12.8. The first kappa shape index (κ1) is 13.6. The summed E-state index contributed by atoms with van der Waals surface area (Å²) in [4.78, 5) is 4.60. The Morgan fingerprint density at radius 3 is 2.33 bits per heavy atom. The Bertz CT molecular complexity index is 751. The predicted molar refractivity (Wildman–Crippen MR) is 87.4 cm³/mol. The molecule has 0 fully saturated rings. The second kappa shape index (κ2) is 5.57. The number of aryl methyl sites for hydroxylation is 3. The molecule has 2 nitrogen and oxygen atoms in total. The lowest BCUT2D eigenvalue weighted by atomic mass is 10.1. The fourth-order valence-electron chi connectivity index (χ4n) is 2.55. The molecule has 0 atom stereocenters. The van der Waals surface area contributed by atoms with E-state index in [0.29, 0.717) is 0 Å². The monoisotopic (exact) mass is 276 g/mol. The van der Waals surface area contributed by atoms with Gasteiger partial charge in [0.1, 0.15) is 5.82 Å². The fraction of sp³-hybridized carbons (Fsp3) is 0.211. The average Bonchev–Trinajstić information content (AvgIpc) is 2.84. The number of rotatable bonds is 3. The van der Waals surface area contributed by atoms with Crippen LogP contribution in [0.3, 0.4) is 0 Å². The quantitative estimate of drug-likeness (QED) is 0.687. The Kier molecular flexibility index (Phi) is 3.61. The Morgan fingerprint density at radius 2 is 1.62 bits per heavy atom. The van der Waals surface area contributed by atoms with Gasteiger partial charge >= 0.3 is 0 Å². The highest BCUT2D eigenvalue weighted by atomic mass is 15.1. The third-order valence-electron chi connectivity index (χ3n) is 3.95. The summed E-state index contributed by atoms with van der Waals surface area (Å²) in [5, 5.41) is 0. The summed E-state index contributed by atoms with van der Waals surface area (Å²) < 4.78 is 2.28. The summed E-state index contributed by atoms with van der Waals surface area (Å²) in [6.45, 7) is 7.24. The van der Waals surface area contributed by atoms with Crippen molar-refractivity contribution >= 4 is 0 Å². The van der Waals surface area contributed by atoms with Crippen LogP contribution in [0, 0.1) is 20.8 Å². The molecular weight excluding hydrogens is 256 g/mol. The van der Waals surface area contributed by atoms with Crippen LogP contribution < -0.4 is 0 Å². The van der Waals surface area contributed by atoms with Gasteiger partial charge < -0.3 is 4.57 Å². The van der Waals surface area contributed by atoms with Crippen molar-refractivity contribution in [1.82, 2.24) is 9.55 Å². The van der Waals surface area contributed by atoms with E-state index in [0.717, 1.165) is 12.4 Å². The largest absolute Gasteiger partial charge is 0.324 e. The predicted octanol–water partition coefficient (Wildman–Crippen LogP) is 4.52. The molecule has 21 heavy (non-hydrogen) atoms. The maximum absolute atomic E-state index is 4.60. The number of imidazole rings is 1. The highest BCUT2D eigenvalue weighted by molar-refractivity contribution is 5.57. The van der Waals surface area contributed by atoms with Gasteiger partial charge in [-0.1, -0.05) is 54.1 Å². The minimum atomic E-state index is 0.863. The number of nitrogens with zero attached hydrogens (tertiary/aromatic N) is 2. The van der Waals surface area contributed by atoms with E-state index >= 15 is 0 Å². The summed E-state index contributed by atoms with van der Waals surface area (Å²) in [5.41, 5.74) is 6.29. The van der Waals surface area contributed by atoms with Crippen LogP contribution in [0.4, 0.5) is 0 Å². The maximum atomic E-state index is 4.60. The Labute approximate surface area is 126 Å². The van der Waals surface area contributed by atoms with Gasteiger partial charge in [0.2, 0.25) is 0 Å². The van der Waals surface area contributed by atoms with E-state index in [2.05, 4.69) is 78.9 Å². The average molecular weight is 276 g/mol. The fourth-order valence-corrected chi connectivity index (χ4v) is 2.55. The van der Waals surface area contributed by atoms with Crippen molar-refractivity contribution in [2.75, 3.05) is 0 Å². The summed E-state index contributed by atoms with van der Waals surface area (Å²) in [5.74, 6) is 1.04. The molecule has 0 radical (unpaired) electrons. The zero-order chi connectivity index (χ0) is 14.8. The molecule has 0 spiro atoms. The number of hydrogen-bond acceptors (Lipinski definition) is 1. The molecular formula is C19H20N2. The third kappa shape index (κ3) is 2.75. The van der Waals surface area contributed by atoms with Crippen LogP contribution in [0.25, 0.3) is 11.4 Å². The molecule has 0 unspecified atom stereocenters. The minimum Gasteiger partial charge on any atom is -0.324 e. The molecule has 3 rings (SSSR count). The normalized spacial score (nSPS) is 10.8. The number of aromatic nitrogens is 2. The molecule has 0 saturated carbocycles. The summed E-state index contributed by atoms with van der Waals surface area (Å²) in [6.07, 6.45) is 1.95. The molecule has 0 bridgehead atoms. The van der Waals surface area contributed by atoms with Crippen molar-refractivity contribution in [1.29, 1.82) is 0 Å². The first-order chi connectivity index (χ1) is 10.1. The van der Waals surface area contributed by atoms with Gasteiger partial charge in [-0.3, -0.25) is 0 Å². The van der Waals surface area contributed by atoms with E-state index in [1.807, 2.05) is 6.20 Å². The minimum absolute atomic E-state index is 0.863. The topological polar surface area (TPSA) is 17.8 Å². The van der Waals surface area contributed by atoms with Crippen LogP contribution in [0.15, 0.2) is 54.7 Å². The molecule has 1 aromatic heterocycles. The number of benzene rings is 2. The molecule has 0 aliphatic carbocycles.